The summed E-state index contributed by atoms with van der Waals surface area (Å²) >= 11 is 11.6. The molecule has 0 heterocycles. The van der Waals surface area contributed by atoms with Crippen LogP contribution in [0.3, 0.4) is 0 Å². The van der Waals surface area contributed by atoms with E-state index in [-0.39, 0.29) is 0 Å². The number of rotatable bonds is 4. The second kappa shape index (κ2) is 6.42. The van der Waals surface area contributed by atoms with Gasteiger partial charge in [-0.05, 0) is 36.8 Å². The van der Waals surface area contributed by atoms with Crippen molar-refractivity contribution < 1.29 is 14.7 Å². The molecule has 0 bridgehead atoms. The number of carbonyl (C=O) groups is 2. The lowest BCUT2D eigenvalue weighted by Crippen LogP contribution is -2.37. The summed E-state index contributed by atoms with van der Waals surface area (Å²) in [5.41, 5.74) is 0.658. The SMILES string of the molecule is C[C@H](NC(=O)/C=C/c1cc(Cl)cc(Cl)c1)C(=O)O. The van der Waals surface area contributed by atoms with Crippen LogP contribution in [0.1, 0.15) is 12.5 Å². The van der Waals surface area contributed by atoms with Crippen LogP contribution >= 0.6 is 23.2 Å². The molecule has 0 aliphatic rings. The molecular weight excluding hydrogens is 277 g/mol. The van der Waals surface area contributed by atoms with Crippen LogP contribution in [0.2, 0.25) is 10.0 Å². The molecule has 0 saturated heterocycles. The predicted molar refractivity (Wildman–Crippen MR) is 70.7 cm³/mol. The summed E-state index contributed by atoms with van der Waals surface area (Å²) in [4.78, 5) is 21.9. The molecule has 0 aliphatic carbocycles. The molecule has 4 nitrogen and oxygen atoms in total. The third-order valence-electron chi connectivity index (χ3n) is 2.04. The third-order valence-corrected chi connectivity index (χ3v) is 2.48. The van der Waals surface area contributed by atoms with E-state index in [2.05, 4.69) is 5.32 Å². The van der Waals surface area contributed by atoms with Gasteiger partial charge in [0.2, 0.25) is 5.91 Å². The zero-order valence-electron chi connectivity index (χ0n) is 9.48. The largest absolute Gasteiger partial charge is 0.480 e. The molecule has 1 rings (SSSR count). The Hall–Kier alpha value is -1.52. The van der Waals surface area contributed by atoms with Gasteiger partial charge in [-0.25, -0.2) is 0 Å². The molecule has 2 N–H and O–H groups in total. The van der Waals surface area contributed by atoms with Gasteiger partial charge in [0.05, 0.1) is 0 Å². The molecule has 0 aromatic heterocycles. The van der Waals surface area contributed by atoms with Gasteiger partial charge in [-0.1, -0.05) is 23.2 Å². The van der Waals surface area contributed by atoms with Gasteiger partial charge < -0.3 is 10.4 Å². The zero-order chi connectivity index (χ0) is 13.7. The first-order chi connectivity index (χ1) is 8.38. The van der Waals surface area contributed by atoms with E-state index in [1.807, 2.05) is 0 Å². The van der Waals surface area contributed by atoms with Crippen LogP contribution in [0.5, 0.6) is 0 Å². The highest BCUT2D eigenvalue weighted by Crippen LogP contribution is 2.19. The first kappa shape index (κ1) is 14.5. The second-order valence-corrected chi connectivity index (χ2v) is 4.48. The van der Waals surface area contributed by atoms with Crippen molar-refractivity contribution in [2.24, 2.45) is 0 Å². The molecule has 18 heavy (non-hydrogen) atoms. The van der Waals surface area contributed by atoms with Gasteiger partial charge in [0.1, 0.15) is 6.04 Å². The van der Waals surface area contributed by atoms with E-state index in [0.29, 0.717) is 15.6 Å². The van der Waals surface area contributed by atoms with Crippen molar-refractivity contribution in [3.8, 4) is 0 Å². The highest BCUT2D eigenvalue weighted by molar-refractivity contribution is 6.34. The van der Waals surface area contributed by atoms with Crippen LogP contribution in [0.4, 0.5) is 0 Å². The van der Waals surface area contributed by atoms with E-state index in [9.17, 15) is 9.59 Å². The van der Waals surface area contributed by atoms with Gasteiger partial charge in [0, 0.05) is 16.1 Å². The minimum absolute atomic E-state index is 0.460. The van der Waals surface area contributed by atoms with Gasteiger partial charge in [-0.15, -0.1) is 0 Å². The van der Waals surface area contributed by atoms with Crippen molar-refractivity contribution in [1.29, 1.82) is 0 Å². The lowest BCUT2D eigenvalue weighted by molar-refractivity contribution is -0.140. The Kier molecular flexibility index (Phi) is 5.19. The van der Waals surface area contributed by atoms with Crippen molar-refractivity contribution in [2.75, 3.05) is 0 Å². The average molecular weight is 288 g/mol. The molecule has 0 unspecified atom stereocenters. The Bertz CT molecular complexity index is 480. The Morgan fingerprint density at radius 3 is 2.33 bits per heavy atom. The maximum atomic E-state index is 11.4. The second-order valence-electron chi connectivity index (χ2n) is 3.60. The number of carbonyl (C=O) groups excluding carboxylic acids is 1. The van der Waals surface area contributed by atoms with Crippen LogP contribution in [-0.2, 0) is 9.59 Å². The molecule has 1 aromatic carbocycles. The normalized spacial score (nSPS) is 12.4. The monoisotopic (exact) mass is 287 g/mol. The highest BCUT2D eigenvalue weighted by Gasteiger charge is 2.11. The van der Waals surface area contributed by atoms with Gasteiger partial charge >= 0.3 is 5.97 Å². The fraction of sp³-hybridized carbons (Fsp3) is 0.167. The number of benzene rings is 1. The van der Waals surface area contributed by atoms with Crippen LogP contribution in [0.15, 0.2) is 24.3 Å². The molecule has 1 amide bonds. The Labute approximate surface area is 114 Å². The third kappa shape index (κ3) is 4.77. The number of hydrogen-bond acceptors (Lipinski definition) is 2. The van der Waals surface area contributed by atoms with Gasteiger partial charge in [-0.2, -0.15) is 0 Å². The smallest absolute Gasteiger partial charge is 0.325 e. The summed E-state index contributed by atoms with van der Waals surface area (Å²) in [5, 5.41) is 11.8. The van der Waals surface area contributed by atoms with Crippen molar-refractivity contribution in [2.45, 2.75) is 13.0 Å². The molecule has 1 atom stereocenters. The highest BCUT2D eigenvalue weighted by atomic mass is 35.5. The number of aliphatic carboxylic acids is 1. The first-order valence-electron chi connectivity index (χ1n) is 5.06. The molecule has 0 saturated carbocycles. The topological polar surface area (TPSA) is 66.4 Å². The van der Waals surface area contributed by atoms with E-state index < -0.39 is 17.9 Å². The lowest BCUT2D eigenvalue weighted by atomic mass is 10.2. The Morgan fingerprint density at radius 1 is 1.28 bits per heavy atom. The van der Waals surface area contributed by atoms with Crippen LogP contribution in [-0.4, -0.2) is 23.0 Å². The average Bonchev–Trinajstić information content (AvgIpc) is 2.25. The van der Waals surface area contributed by atoms with Crippen molar-refractivity contribution in [3.63, 3.8) is 0 Å². The fourth-order valence-electron chi connectivity index (χ4n) is 1.17. The molecule has 0 radical (unpaired) electrons. The summed E-state index contributed by atoms with van der Waals surface area (Å²) in [7, 11) is 0. The quantitative estimate of drug-likeness (QED) is 0.837. The summed E-state index contributed by atoms with van der Waals surface area (Å²) in [5.74, 6) is -1.59. The molecule has 96 valence electrons. The number of amides is 1. The first-order valence-corrected chi connectivity index (χ1v) is 5.81. The number of halogens is 2. The van der Waals surface area contributed by atoms with E-state index in [1.165, 1.54) is 19.1 Å². The summed E-state index contributed by atoms with van der Waals surface area (Å²) < 4.78 is 0. The molecule has 6 heteroatoms. The van der Waals surface area contributed by atoms with Crippen LogP contribution in [0, 0.1) is 0 Å². The summed E-state index contributed by atoms with van der Waals surface area (Å²) in [6.45, 7) is 1.38. The van der Waals surface area contributed by atoms with Crippen molar-refractivity contribution >= 4 is 41.2 Å². The molecule has 0 fully saturated rings. The van der Waals surface area contributed by atoms with Crippen LogP contribution in [0.25, 0.3) is 6.08 Å². The number of nitrogens with one attached hydrogen (secondary N) is 1. The molecular formula is C12H11Cl2NO3. The molecule has 1 aromatic rings. The Morgan fingerprint density at radius 2 is 1.83 bits per heavy atom. The number of hydrogen-bond donors (Lipinski definition) is 2. The van der Waals surface area contributed by atoms with Crippen molar-refractivity contribution in [3.05, 3.63) is 39.9 Å². The van der Waals surface area contributed by atoms with Crippen molar-refractivity contribution in [1.82, 2.24) is 5.32 Å². The molecule has 0 aliphatic heterocycles. The maximum Gasteiger partial charge on any atom is 0.325 e. The van der Waals surface area contributed by atoms with Gasteiger partial charge in [0.15, 0.2) is 0 Å². The van der Waals surface area contributed by atoms with E-state index in [1.54, 1.807) is 18.2 Å². The summed E-state index contributed by atoms with van der Waals surface area (Å²) in [6.07, 6.45) is 2.73. The zero-order valence-corrected chi connectivity index (χ0v) is 11.0. The fourth-order valence-corrected chi connectivity index (χ4v) is 1.71. The molecule has 0 spiro atoms. The lowest BCUT2D eigenvalue weighted by Gasteiger charge is -2.06. The standard InChI is InChI=1S/C12H11Cl2NO3/c1-7(12(17)18)15-11(16)3-2-8-4-9(13)6-10(14)5-8/h2-7H,1H3,(H,15,16)(H,17,18)/b3-2+/t7-/m0/s1. The van der Waals surface area contributed by atoms with E-state index >= 15 is 0 Å². The minimum atomic E-state index is -1.09. The predicted octanol–water partition coefficient (Wildman–Crippen LogP) is 2.60. The summed E-state index contributed by atoms with van der Waals surface area (Å²) in [6, 6.07) is 3.91. The number of carboxylic acids is 1. The van der Waals surface area contributed by atoms with E-state index in [4.69, 9.17) is 28.3 Å². The number of carboxylic acid groups (broad SMARTS) is 1. The van der Waals surface area contributed by atoms with Crippen LogP contribution < -0.4 is 5.32 Å². The van der Waals surface area contributed by atoms with E-state index in [0.717, 1.165) is 0 Å². The van der Waals surface area contributed by atoms with Gasteiger partial charge in [-0.3, -0.25) is 9.59 Å². The van der Waals surface area contributed by atoms with Gasteiger partial charge in [0.25, 0.3) is 0 Å². The maximum absolute atomic E-state index is 11.4. The Balaban J connectivity index is 2.69. The minimum Gasteiger partial charge on any atom is -0.480 e.